The molecule has 1 heterocycles. The Morgan fingerprint density at radius 2 is 2.24 bits per heavy atom. The van der Waals surface area contributed by atoms with E-state index in [-0.39, 0.29) is 18.7 Å². The van der Waals surface area contributed by atoms with Gasteiger partial charge in [0.05, 0.1) is 11.4 Å². The van der Waals surface area contributed by atoms with E-state index in [4.69, 9.17) is 5.11 Å². The van der Waals surface area contributed by atoms with Crippen molar-refractivity contribution >= 4 is 23.3 Å². The van der Waals surface area contributed by atoms with E-state index >= 15 is 0 Å². The highest BCUT2D eigenvalue weighted by atomic mass is 16.4. The van der Waals surface area contributed by atoms with Gasteiger partial charge < -0.3 is 15.7 Å². The number of nitrogens with one attached hydrogen (secondary N) is 2. The van der Waals surface area contributed by atoms with Crippen molar-refractivity contribution in [3.63, 3.8) is 0 Å². The average Bonchev–Trinajstić information content (AvgIpc) is 2.27. The number of fused-ring (bicyclic) bond motifs is 1. The van der Waals surface area contributed by atoms with Gasteiger partial charge in [0.25, 0.3) is 0 Å². The second-order valence-corrected chi connectivity index (χ2v) is 4.12. The highest BCUT2D eigenvalue weighted by Gasteiger charge is 2.26. The molecular formula is C12H14N2O3. The number of amides is 1. The molecule has 1 amide bonds. The predicted molar refractivity (Wildman–Crippen MR) is 64.1 cm³/mol. The van der Waals surface area contributed by atoms with Crippen LogP contribution in [0.15, 0.2) is 18.2 Å². The summed E-state index contributed by atoms with van der Waals surface area (Å²) in [5.74, 6) is -1.07. The number of carboxylic acids is 1. The molecule has 17 heavy (non-hydrogen) atoms. The molecule has 3 N–H and O–H groups in total. The number of carbonyl (C=O) groups excluding carboxylic acids is 1. The van der Waals surface area contributed by atoms with E-state index in [1.807, 2.05) is 25.1 Å². The van der Waals surface area contributed by atoms with Gasteiger partial charge in [0, 0.05) is 6.42 Å². The van der Waals surface area contributed by atoms with Crippen LogP contribution in [0.2, 0.25) is 0 Å². The standard InChI is InChI=1S/C12H14N2O3/c1-7-3-2-4-8-11(7)13-9(12(17)14-8)5-6-10(15)16/h2-4,9,13H,5-6H2,1H3,(H,14,17)(H,15,16). The second-order valence-electron chi connectivity index (χ2n) is 4.12. The summed E-state index contributed by atoms with van der Waals surface area (Å²) in [4.78, 5) is 22.2. The van der Waals surface area contributed by atoms with Crippen LogP contribution in [-0.4, -0.2) is 23.0 Å². The summed E-state index contributed by atoms with van der Waals surface area (Å²) in [5, 5.41) is 14.5. The zero-order chi connectivity index (χ0) is 12.4. The van der Waals surface area contributed by atoms with E-state index in [9.17, 15) is 9.59 Å². The van der Waals surface area contributed by atoms with E-state index in [0.717, 1.165) is 16.9 Å². The molecule has 0 radical (unpaired) electrons. The van der Waals surface area contributed by atoms with Crippen LogP contribution < -0.4 is 10.6 Å². The van der Waals surface area contributed by atoms with Crippen LogP contribution in [0, 0.1) is 6.92 Å². The minimum Gasteiger partial charge on any atom is -0.481 e. The molecule has 0 bridgehead atoms. The van der Waals surface area contributed by atoms with E-state index in [2.05, 4.69) is 10.6 Å². The Morgan fingerprint density at radius 1 is 1.47 bits per heavy atom. The quantitative estimate of drug-likeness (QED) is 0.742. The Bertz CT molecular complexity index is 471. The normalized spacial score (nSPS) is 17.9. The summed E-state index contributed by atoms with van der Waals surface area (Å²) in [6.07, 6.45) is 0.265. The molecule has 0 fully saturated rings. The van der Waals surface area contributed by atoms with E-state index in [0.29, 0.717) is 0 Å². The van der Waals surface area contributed by atoms with Crippen LogP contribution in [0.4, 0.5) is 11.4 Å². The number of benzene rings is 1. The topological polar surface area (TPSA) is 78.4 Å². The maximum Gasteiger partial charge on any atom is 0.303 e. The van der Waals surface area contributed by atoms with E-state index in [1.165, 1.54) is 0 Å². The van der Waals surface area contributed by atoms with Crippen LogP contribution in [0.1, 0.15) is 18.4 Å². The number of hydrogen-bond donors (Lipinski definition) is 3. The van der Waals surface area contributed by atoms with Crippen molar-refractivity contribution in [1.82, 2.24) is 0 Å². The predicted octanol–water partition coefficient (Wildman–Crippen LogP) is 1.59. The third kappa shape index (κ3) is 2.38. The molecule has 0 aromatic heterocycles. The molecule has 0 spiro atoms. The van der Waals surface area contributed by atoms with Gasteiger partial charge in [-0.3, -0.25) is 9.59 Å². The highest BCUT2D eigenvalue weighted by molar-refractivity contribution is 6.03. The first-order valence-electron chi connectivity index (χ1n) is 5.47. The van der Waals surface area contributed by atoms with Gasteiger partial charge in [-0.2, -0.15) is 0 Å². The lowest BCUT2D eigenvalue weighted by Gasteiger charge is -2.27. The van der Waals surface area contributed by atoms with Crippen molar-refractivity contribution in [2.24, 2.45) is 0 Å². The summed E-state index contributed by atoms with van der Waals surface area (Å²) >= 11 is 0. The molecule has 0 saturated carbocycles. The third-order valence-corrected chi connectivity index (χ3v) is 2.81. The Hall–Kier alpha value is -2.04. The first-order chi connectivity index (χ1) is 8.08. The van der Waals surface area contributed by atoms with Crippen molar-refractivity contribution in [2.75, 3.05) is 10.6 Å². The van der Waals surface area contributed by atoms with Gasteiger partial charge in [0.1, 0.15) is 6.04 Å². The van der Waals surface area contributed by atoms with Gasteiger partial charge in [0.15, 0.2) is 0 Å². The Morgan fingerprint density at radius 3 is 2.94 bits per heavy atom. The number of carboxylic acid groups (broad SMARTS) is 1. The zero-order valence-electron chi connectivity index (χ0n) is 9.49. The molecule has 0 saturated heterocycles. The van der Waals surface area contributed by atoms with Gasteiger partial charge in [-0.15, -0.1) is 0 Å². The average molecular weight is 234 g/mol. The molecule has 1 aromatic carbocycles. The van der Waals surface area contributed by atoms with Crippen LogP contribution in [0.3, 0.4) is 0 Å². The maximum atomic E-state index is 11.7. The maximum absolute atomic E-state index is 11.7. The van der Waals surface area contributed by atoms with Crippen LogP contribution >= 0.6 is 0 Å². The number of hydrogen-bond acceptors (Lipinski definition) is 3. The molecule has 1 aromatic rings. The largest absolute Gasteiger partial charge is 0.481 e. The fraction of sp³-hybridized carbons (Fsp3) is 0.333. The van der Waals surface area contributed by atoms with Gasteiger partial charge in [-0.25, -0.2) is 0 Å². The minimum absolute atomic E-state index is 0.0215. The van der Waals surface area contributed by atoms with Crippen molar-refractivity contribution in [2.45, 2.75) is 25.8 Å². The highest BCUT2D eigenvalue weighted by Crippen LogP contribution is 2.30. The van der Waals surface area contributed by atoms with Gasteiger partial charge in [0.2, 0.25) is 5.91 Å². The molecule has 1 atom stereocenters. The monoisotopic (exact) mass is 234 g/mol. The number of aliphatic carboxylic acids is 1. The lowest BCUT2D eigenvalue weighted by atomic mass is 10.0. The van der Waals surface area contributed by atoms with Crippen molar-refractivity contribution in [1.29, 1.82) is 0 Å². The lowest BCUT2D eigenvalue weighted by molar-refractivity contribution is -0.137. The second kappa shape index (κ2) is 4.45. The molecule has 5 nitrogen and oxygen atoms in total. The summed E-state index contributed by atoms with van der Waals surface area (Å²) in [5.41, 5.74) is 2.66. The smallest absolute Gasteiger partial charge is 0.303 e. The molecule has 0 aliphatic carbocycles. The SMILES string of the molecule is Cc1cccc2c1NC(CCC(=O)O)C(=O)N2. The number of anilines is 2. The fourth-order valence-electron chi connectivity index (χ4n) is 1.89. The molecule has 1 aliphatic rings. The first-order valence-corrected chi connectivity index (χ1v) is 5.47. The van der Waals surface area contributed by atoms with Gasteiger partial charge in [-0.1, -0.05) is 12.1 Å². The lowest BCUT2D eigenvalue weighted by Crippen LogP contribution is -2.39. The summed E-state index contributed by atoms with van der Waals surface area (Å²) in [6.45, 7) is 1.94. The van der Waals surface area contributed by atoms with E-state index in [1.54, 1.807) is 0 Å². The van der Waals surface area contributed by atoms with E-state index < -0.39 is 12.0 Å². The fourth-order valence-corrected chi connectivity index (χ4v) is 1.89. The molecule has 5 heteroatoms. The first kappa shape index (κ1) is 11.4. The Labute approximate surface area is 98.8 Å². The van der Waals surface area contributed by atoms with Crippen molar-refractivity contribution in [3.8, 4) is 0 Å². The van der Waals surface area contributed by atoms with Gasteiger partial charge in [-0.05, 0) is 25.0 Å². The molecule has 1 unspecified atom stereocenters. The molecular weight excluding hydrogens is 220 g/mol. The van der Waals surface area contributed by atoms with Crippen LogP contribution in [0.5, 0.6) is 0 Å². The van der Waals surface area contributed by atoms with Crippen molar-refractivity contribution < 1.29 is 14.7 Å². The van der Waals surface area contributed by atoms with Crippen molar-refractivity contribution in [3.05, 3.63) is 23.8 Å². The number of aryl methyl sites for hydroxylation is 1. The third-order valence-electron chi connectivity index (χ3n) is 2.81. The minimum atomic E-state index is -0.893. The van der Waals surface area contributed by atoms with Crippen LogP contribution in [-0.2, 0) is 9.59 Å². The Balaban J connectivity index is 2.17. The van der Waals surface area contributed by atoms with Gasteiger partial charge >= 0.3 is 5.97 Å². The summed E-state index contributed by atoms with van der Waals surface area (Å²) in [7, 11) is 0. The summed E-state index contributed by atoms with van der Waals surface area (Å²) in [6, 6.07) is 5.16. The number of rotatable bonds is 3. The number of carbonyl (C=O) groups is 2. The summed E-state index contributed by atoms with van der Waals surface area (Å²) < 4.78 is 0. The molecule has 2 rings (SSSR count). The molecule has 1 aliphatic heterocycles. The molecule has 90 valence electrons. The zero-order valence-corrected chi connectivity index (χ0v) is 9.49. The Kier molecular flexibility index (Phi) is 2.99. The van der Waals surface area contributed by atoms with Crippen LogP contribution in [0.25, 0.3) is 0 Å². The number of para-hydroxylation sites is 1.